The third-order valence-electron chi connectivity index (χ3n) is 9.01. The highest BCUT2D eigenvalue weighted by atomic mass is 19.1. The van der Waals surface area contributed by atoms with Crippen molar-refractivity contribution in [2.24, 2.45) is 34.5 Å². The number of hydrogen-bond donors (Lipinski definition) is 0. The maximum atomic E-state index is 14.5. The zero-order valence-corrected chi connectivity index (χ0v) is 16.1. The molecule has 3 saturated carbocycles. The molecule has 0 aromatic rings. The van der Waals surface area contributed by atoms with Crippen LogP contribution in [0.3, 0.4) is 0 Å². The van der Waals surface area contributed by atoms with Gasteiger partial charge in [0, 0.05) is 19.0 Å². The van der Waals surface area contributed by atoms with Crippen molar-refractivity contribution < 1.29 is 14.0 Å². The molecule has 0 aromatic carbocycles. The van der Waals surface area contributed by atoms with E-state index >= 15 is 0 Å². The standard InChI is InChI=1S/C21H32FNO2/c1-12(24)14-6-7-15-13-5-8-18-21(3,11-17(22)19(25)23(18)4)16(13)9-10-20(14,15)2/h13-18H,5-11H2,1-4H3/t13?,14-,15+,16?,17-,18-,20-,21-/m1/s1. The van der Waals surface area contributed by atoms with Crippen LogP contribution in [0.1, 0.15) is 65.7 Å². The van der Waals surface area contributed by atoms with Crippen molar-refractivity contribution in [2.75, 3.05) is 7.05 Å². The third-order valence-corrected chi connectivity index (χ3v) is 9.01. The van der Waals surface area contributed by atoms with E-state index in [2.05, 4.69) is 13.8 Å². The molecule has 4 heteroatoms. The molecule has 25 heavy (non-hydrogen) atoms. The number of likely N-dealkylation sites (tertiary alicyclic amines) is 1. The first-order chi connectivity index (χ1) is 11.7. The average Bonchev–Trinajstić information content (AvgIpc) is 2.90. The van der Waals surface area contributed by atoms with E-state index in [9.17, 15) is 14.0 Å². The molecule has 0 N–H and O–H groups in total. The summed E-state index contributed by atoms with van der Waals surface area (Å²) in [5.74, 6) is 1.93. The van der Waals surface area contributed by atoms with Crippen molar-refractivity contribution in [3.8, 4) is 0 Å². The van der Waals surface area contributed by atoms with Crippen LogP contribution in [0.15, 0.2) is 0 Å². The van der Waals surface area contributed by atoms with Gasteiger partial charge in [-0.2, -0.15) is 0 Å². The van der Waals surface area contributed by atoms with Gasteiger partial charge < -0.3 is 4.90 Å². The number of amides is 1. The van der Waals surface area contributed by atoms with Gasteiger partial charge in [0.05, 0.1) is 0 Å². The highest BCUT2D eigenvalue weighted by Gasteiger charge is 2.62. The van der Waals surface area contributed by atoms with Crippen LogP contribution < -0.4 is 0 Å². The van der Waals surface area contributed by atoms with Gasteiger partial charge in [-0.1, -0.05) is 13.8 Å². The van der Waals surface area contributed by atoms with E-state index in [1.165, 1.54) is 0 Å². The number of alkyl halides is 1. The minimum Gasteiger partial charge on any atom is -0.340 e. The molecule has 0 aromatic heterocycles. The molecule has 4 fully saturated rings. The number of Topliss-reactive ketones (excluding diaryl/α,β-unsaturated/α-hetero) is 1. The quantitative estimate of drug-likeness (QED) is 0.717. The summed E-state index contributed by atoms with van der Waals surface area (Å²) in [7, 11) is 1.80. The van der Waals surface area contributed by atoms with Gasteiger partial charge in [-0.3, -0.25) is 9.59 Å². The number of nitrogens with zero attached hydrogens (tertiary/aromatic N) is 1. The highest BCUT2D eigenvalue weighted by molar-refractivity contribution is 5.82. The minimum absolute atomic E-state index is 0.110. The molecule has 0 spiro atoms. The molecule has 1 heterocycles. The Morgan fingerprint density at radius 2 is 1.76 bits per heavy atom. The Morgan fingerprint density at radius 3 is 2.44 bits per heavy atom. The van der Waals surface area contributed by atoms with Crippen LogP contribution in [0, 0.1) is 34.5 Å². The van der Waals surface area contributed by atoms with Gasteiger partial charge in [-0.05, 0) is 80.5 Å². The fourth-order valence-corrected chi connectivity index (χ4v) is 7.88. The second-order valence-electron chi connectivity index (χ2n) is 9.88. The van der Waals surface area contributed by atoms with Gasteiger partial charge in [-0.25, -0.2) is 4.39 Å². The number of ketones is 1. The normalized spacial score (nSPS) is 52.4. The zero-order valence-electron chi connectivity index (χ0n) is 16.1. The average molecular weight is 349 g/mol. The van der Waals surface area contributed by atoms with Crippen molar-refractivity contribution in [2.45, 2.75) is 77.9 Å². The summed E-state index contributed by atoms with van der Waals surface area (Å²) in [6.07, 6.45) is 5.52. The van der Waals surface area contributed by atoms with E-state index in [4.69, 9.17) is 0 Å². The molecule has 0 radical (unpaired) electrons. The molecule has 4 rings (SSSR count). The number of carbonyl (C=O) groups excluding carboxylic acids is 2. The summed E-state index contributed by atoms with van der Waals surface area (Å²) in [4.78, 5) is 26.0. The Balaban J connectivity index is 1.66. The van der Waals surface area contributed by atoms with Crippen molar-refractivity contribution in [1.82, 2.24) is 4.90 Å². The Labute approximate surface area is 150 Å². The number of rotatable bonds is 1. The van der Waals surface area contributed by atoms with Crippen LogP contribution in [0.25, 0.3) is 0 Å². The van der Waals surface area contributed by atoms with Crippen LogP contribution in [0.2, 0.25) is 0 Å². The van der Waals surface area contributed by atoms with Gasteiger partial charge in [0.15, 0.2) is 6.17 Å². The first-order valence-electron chi connectivity index (χ1n) is 10.1. The van der Waals surface area contributed by atoms with Crippen LogP contribution >= 0.6 is 0 Å². The van der Waals surface area contributed by atoms with Gasteiger partial charge in [0.25, 0.3) is 5.91 Å². The molecule has 4 aliphatic rings. The van der Waals surface area contributed by atoms with Crippen LogP contribution in [0.5, 0.6) is 0 Å². The predicted molar refractivity (Wildman–Crippen MR) is 94.6 cm³/mol. The summed E-state index contributed by atoms with van der Waals surface area (Å²) < 4.78 is 14.5. The number of hydrogen-bond acceptors (Lipinski definition) is 2. The van der Waals surface area contributed by atoms with Crippen LogP contribution in [-0.4, -0.2) is 35.9 Å². The summed E-state index contributed by atoms with van der Waals surface area (Å²) in [5, 5.41) is 0. The zero-order chi connectivity index (χ0) is 18.1. The molecule has 140 valence electrons. The molecule has 0 bridgehead atoms. The first-order valence-corrected chi connectivity index (χ1v) is 10.1. The van der Waals surface area contributed by atoms with E-state index in [-0.39, 0.29) is 28.7 Å². The summed E-state index contributed by atoms with van der Waals surface area (Å²) in [6, 6.07) is 0.183. The maximum Gasteiger partial charge on any atom is 0.257 e. The fourth-order valence-electron chi connectivity index (χ4n) is 7.88. The van der Waals surface area contributed by atoms with Gasteiger partial charge in [0.2, 0.25) is 0 Å². The number of fused-ring (bicyclic) bond motifs is 5. The Hall–Kier alpha value is -0.930. The van der Waals surface area contributed by atoms with Gasteiger partial charge in [0.1, 0.15) is 5.78 Å². The third kappa shape index (κ3) is 2.21. The van der Waals surface area contributed by atoms with E-state index in [0.717, 1.165) is 38.5 Å². The van der Waals surface area contributed by atoms with Crippen LogP contribution in [0.4, 0.5) is 4.39 Å². The highest BCUT2D eigenvalue weighted by Crippen LogP contribution is 2.66. The second kappa shape index (κ2) is 5.53. The summed E-state index contributed by atoms with van der Waals surface area (Å²) in [5.41, 5.74) is 0.0301. The summed E-state index contributed by atoms with van der Waals surface area (Å²) >= 11 is 0. The van der Waals surface area contributed by atoms with Gasteiger partial charge in [-0.15, -0.1) is 0 Å². The molecule has 1 amide bonds. The Bertz CT molecular complexity index is 607. The Kier molecular flexibility index (Phi) is 3.87. The summed E-state index contributed by atoms with van der Waals surface area (Å²) in [6.45, 7) is 6.35. The molecule has 1 saturated heterocycles. The number of halogens is 1. The topological polar surface area (TPSA) is 37.4 Å². The Morgan fingerprint density at radius 1 is 1.08 bits per heavy atom. The van der Waals surface area contributed by atoms with Crippen molar-refractivity contribution in [3.05, 3.63) is 0 Å². The lowest BCUT2D eigenvalue weighted by atomic mass is 9.46. The lowest BCUT2D eigenvalue weighted by molar-refractivity contribution is -0.169. The lowest BCUT2D eigenvalue weighted by Crippen LogP contribution is -2.64. The first kappa shape index (κ1) is 17.5. The number of piperidine rings is 1. The van der Waals surface area contributed by atoms with E-state index in [0.29, 0.717) is 30.0 Å². The number of carbonyl (C=O) groups is 2. The molecule has 2 unspecified atom stereocenters. The van der Waals surface area contributed by atoms with E-state index in [1.807, 2.05) is 0 Å². The van der Waals surface area contributed by atoms with Crippen LogP contribution in [-0.2, 0) is 9.59 Å². The molecular weight excluding hydrogens is 317 g/mol. The maximum absolute atomic E-state index is 14.5. The molecular formula is C21H32FNO2. The molecule has 3 aliphatic carbocycles. The minimum atomic E-state index is -1.34. The van der Waals surface area contributed by atoms with E-state index in [1.54, 1.807) is 18.9 Å². The van der Waals surface area contributed by atoms with Crippen molar-refractivity contribution in [1.29, 1.82) is 0 Å². The van der Waals surface area contributed by atoms with Gasteiger partial charge >= 0.3 is 0 Å². The monoisotopic (exact) mass is 349 g/mol. The predicted octanol–water partition coefficient (Wildman–Crippen LogP) is 4.00. The van der Waals surface area contributed by atoms with Crippen molar-refractivity contribution >= 4 is 11.7 Å². The smallest absolute Gasteiger partial charge is 0.257 e. The van der Waals surface area contributed by atoms with E-state index < -0.39 is 6.17 Å². The molecule has 8 atom stereocenters. The fraction of sp³-hybridized carbons (Fsp3) is 0.905. The second-order valence-corrected chi connectivity index (χ2v) is 9.88. The lowest BCUT2D eigenvalue weighted by Gasteiger charge is -2.62. The van der Waals surface area contributed by atoms with Crippen molar-refractivity contribution in [3.63, 3.8) is 0 Å². The molecule has 1 aliphatic heterocycles. The largest absolute Gasteiger partial charge is 0.340 e. The SMILES string of the molecule is CC(=O)[C@H]1CC[C@H]2C3CC[C@H]4N(C)C(=O)[C@H](F)C[C@]4(C)C3CC[C@]12C. The molecule has 3 nitrogen and oxygen atoms in total.